The Bertz CT molecular complexity index is 500. The van der Waals surface area contributed by atoms with E-state index in [-0.39, 0.29) is 5.69 Å². The Morgan fingerprint density at radius 2 is 1.95 bits per heavy atom. The van der Waals surface area contributed by atoms with E-state index < -0.39 is 23.0 Å². The predicted molar refractivity (Wildman–Crippen MR) is 70.4 cm³/mol. The molecule has 0 aliphatic carbocycles. The zero-order chi connectivity index (χ0) is 15.1. The lowest BCUT2D eigenvalue weighted by Gasteiger charge is -2.14. The van der Waals surface area contributed by atoms with Gasteiger partial charge < -0.3 is 10.1 Å². The Morgan fingerprint density at radius 3 is 2.45 bits per heavy atom. The first kappa shape index (κ1) is 15.4. The molecule has 0 aliphatic rings. The summed E-state index contributed by atoms with van der Waals surface area (Å²) in [6.07, 6.45) is -0.904. The van der Waals surface area contributed by atoms with Crippen LogP contribution in [0.3, 0.4) is 0 Å². The van der Waals surface area contributed by atoms with Gasteiger partial charge in [-0.15, -0.1) is 0 Å². The van der Waals surface area contributed by atoms with Gasteiger partial charge in [0.25, 0.3) is 11.6 Å². The summed E-state index contributed by atoms with van der Waals surface area (Å²) >= 11 is 0. The van der Waals surface area contributed by atoms with Crippen molar-refractivity contribution in [2.45, 2.75) is 20.0 Å². The molecule has 3 amide bonds. The smallest absolute Gasteiger partial charge is 0.321 e. The fourth-order valence-electron chi connectivity index (χ4n) is 1.32. The fraction of sp³-hybridized carbons (Fsp3) is 0.333. The zero-order valence-corrected chi connectivity index (χ0v) is 11.1. The molecule has 8 nitrogen and oxygen atoms in total. The number of carbonyl (C=O) groups excluding carboxylic acids is 2. The molecule has 0 fully saturated rings. The Hall–Kier alpha value is -2.64. The van der Waals surface area contributed by atoms with Crippen molar-refractivity contribution in [2.24, 2.45) is 0 Å². The minimum atomic E-state index is -0.904. The summed E-state index contributed by atoms with van der Waals surface area (Å²) in [5.74, 6) is -0.302. The molecule has 0 aliphatic heterocycles. The van der Waals surface area contributed by atoms with Crippen LogP contribution >= 0.6 is 0 Å². The largest absolute Gasteiger partial charge is 0.481 e. The van der Waals surface area contributed by atoms with Gasteiger partial charge in [0.05, 0.1) is 4.92 Å². The molecule has 108 valence electrons. The molecule has 0 aromatic heterocycles. The summed E-state index contributed by atoms with van der Waals surface area (Å²) in [7, 11) is 0. The molecule has 1 rings (SSSR count). The maximum absolute atomic E-state index is 11.6. The number of nitrogens with zero attached hydrogens (tertiary/aromatic N) is 1. The van der Waals surface area contributed by atoms with Crippen molar-refractivity contribution in [1.29, 1.82) is 0 Å². The topological polar surface area (TPSA) is 111 Å². The summed E-state index contributed by atoms with van der Waals surface area (Å²) in [5, 5.41) is 15.0. The fourth-order valence-corrected chi connectivity index (χ4v) is 1.32. The highest BCUT2D eigenvalue weighted by Crippen LogP contribution is 2.18. The van der Waals surface area contributed by atoms with Crippen LogP contribution in [0.1, 0.15) is 13.8 Å². The molecule has 0 saturated carbocycles. The van der Waals surface area contributed by atoms with Gasteiger partial charge in [-0.2, -0.15) is 0 Å². The van der Waals surface area contributed by atoms with Gasteiger partial charge in [0.2, 0.25) is 0 Å². The molecule has 20 heavy (non-hydrogen) atoms. The molecule has 0 heterocycles. The van der Waals surface area contributed by atoms with Gasteiger partial charge in [-0.1, -0.05) is 0 Å². The molecule has 1 aromatic rings. The van der Waals surface area contributed by atoms with E-state index in [2.05, 4.69) is 10.6 Å². The van der Waals surface area contributed by atoms with E-state index in [9.17, 15) is 19.7 Å². The number of benzene rings is 1. The molecule has 2 N–H and O–H groups in total. The van der Waals surface area contributed by atoms with Crippen molar-refractivity contribution >= 4 is 17.6 Å². The van der Waals surface area contributed by atoms with Crippen LogP contribution in [0.25, 0.3) is 0 Å². The highest BCUT2D eigenvalue weighted by molar-refractivity contribution is 5.96. The van der Waals surface area contributed by atoms with Crippen LogP contribution in [0, 0.1) is 10.1 Å². The maximum Gasteiger partial charge on any atom is 0.321 e. The zero-order valence-electron chi connectivity index (χ0n) is 11.1. The van der Waals surface area contributed by atoms with Crippen LogP contribution in [0.15, 0.2) is 24.3 Å². The van der Waals surface area contributed by atoms with Gasteiger partial charge in [-0.25, -0.2) is 4.79 Å². The molecule has 0 saturated heterocycles. The summed E-state index contributed by atoms with van der Waals surface area (Å²) in [6, 6.07) is 4.70. The molecule has 0 spiro atoms. The second-order valence-corrected chi connectivity index (χ2v) is 3.86. The molecule has 1 aromatic carbocycles. The highest BCUT2D eigenvalue weighted by Gasteiger charge is 2.17. The SMILES string of the molecule is CCNC(=O)NC(=O)C(C)Oc1ccc([N+](=O)[O-])cc1. The molecular weight excluding hydrogens is 266 g/mol. The quantitative estimate of drug-likeness (QED) is 0.622. The lowest BCUT2D eigenvalue weighted by atomic mass is 10.3. The van der Waals surface area contributed by atoms with E-state index in [1.54, 1.807) is 6.92 Å². The third-order valence-corrected chi connectivity index (χ3v) is 2.30. The van der Waals surface area contributed by atoms with Crippen molar-refractivity contribution in [3.05, 3.63) is 34.4 Å². The molecule has 1 atom stereocenters. The predicted octanol–water partition coefficient (Wildman–Crippen LogP) is 1.21. The first-order valence-electron chi connectivity index (χ1n) is 5.93. The molecule has 1 unspecified atom stereocenters. The van der Waals surface area contributed by atoms with E-state index in [0.29, 0.717) is 12.3 Å². The molecule has 0 bridgehead atoms. The first-order chi connectivity index (χ1) is 9.43. The van der Waals surface area contributed by atoms with E-state index in [4.69, 9.17) is 4.74 Å². The minimum Gasteiger partial charge on any atom is -0.481 e. The standard InChI is InChI=1S/C12H15N3O5/c1-3-13-12(17)14-11(16)8(2)20-10-6-4-9(5-7-10)15(18)19/h4-8H,3H2,1-2H3,(H2,13,14,16,17). The third-order valence-electron chi connectivity index (χ3n) is 2.30. The van der Waals surface area contributed by atoms with Crippen molar-refractivity contribution in [1.82, 2.24) is 10.6 Å². The Morgan fingerprint density at radius 1 is 1.35 bits per heavy atom. The number of rotatable bonds is 5. The average molecular weight is 281 g/mol. The monoisotopic (exact) mass is 281 g/mol. The summed E-state index contributed by atoms with van der Waals surface area (Å²) in [4.78, 5) is 32.7. The number of urea groups is 1. The Labute approximate surface area is 115 Å². The average Bonchev–Trinajstić information content (AvgIpc) is 2.39. The van der Waals surface area contributed by atoms with Crippen LogP contribution in [0.4, 0.5) is 10.5 Å². The van der Waals surface area contributed by atoms with Crippen molar-refractivity contribution in [3.8, 4) is 5.75 Å². The maximum atomic E-state index is 11.6. The van der Waals surface area contributed by atoms with Crippen LogP contribution in [0.2, 0.25) is 0 Å². The first-order valence-corrected chi connectivity index (χ1v) is 5.93. The third kappa shape index (κ3) is 4.56. The summed E-state index contributed by atoms with van der Waals surface area (Å²) in [6.45, 7) is 3.59. The normalized spacial score (nSPS) is 11.3. The van der Waals surface area contributed by atoms with Gasteiger partial charge in [-0.3, -0.25) is 20.2 Å². The number of carbonyl (C=O) groups is 2. The number of imide groups is 1. The van der Waals surface area contributed by atoms with Crippen LogP contribution in [-0.2, 0) is 4.79 Å². The van der Waals surface area contributed by atoms with Gasteiger partial charge in [0, 0.05) is 18.7 Å². The van der Waals surface area contributed by atoms with E-state index in [1.807, 2.05) is 0 Å². The van der Waals surface area contributed by atoms with Gasteiger partial charge in [0.15, 0.2) is 6.10 Å². The number of nitro groups is 1. The Kier molecular flexibility index (Phi) is 5.45. The second-order valence-electron chi connectivity index (χ2n) is 3.86. The van der Waals surface area contributed by atoms with Gasteiger partial charge >= 0.3 is 6.03 Å². The van der Waals surface area contributed by atoms with Crippen molar-refractivity contribution in [3.63, 3.8) is 0 Å². The number of nitro benzene ring substituents is 1. The van der Waals surface area contributed by atoms with E-state index >= 15 is 0 Å². The van der Waals surface area contributed by atoms with Crippen LogP contribution < -0.4 is 15.4 Å². The van der Waals surface area contributed by atoms with E-state index in [0.717, 1.165) is 0 Å². The number of ether oxygens (including phenoxy) is 1. The molecular formula is C12H15N3O5. The van der Waals surface area contributed by atoms with Crippen LogP contribution in [0.5, 0.6) is 5.75 Å². The number of hydrogen-bond donors (Lipinski definition) is 2. The molecule has 0 radical (unpaired) electrons. The number of hydrogen-bond acceptors (Lipinski definition) is 5. The lowest BCUT2D eigenvalue weighted by molar-refractivity contribution is -0.384. The Balaban J connectivity index is 2.56. The van der Waals surface area contributed by atoms with E-state index in [1.165, 1.54) is 31.2 Å². The minimum absolute atomic E-state index is 0.0724. The van der Waals surface area contributed by atoms with Gasteiger partial charge in [0.1, 0.15) is 5.75 Å². The number of amides is 3. The van der Waals surface area contributed by atoms with Crippen LogP contribution in [-0.4, -0.2) is 29.5 Å². The lowest BCUT2D eigenvalue weighted by Crippen LogP contribution is -2.45. The van der Waals surface area contributed by atoms with Gasteiger partial charge in [-0.05, 0) is 26.0 Å². The van der Waals surface area contributed by atoms with Crippen molar-refractivity contribution in [2.75, 3.05) is 6.54 Å². The molecule has 8 heteroatoms. The highest BCUT2D eigenvalue weighted by atomic mass is 16.6. The number of non-ortho nitro benzene ring substituents is 1. The number of nitrogens with one attached hydrogen (secondary N) is 2. The second kappa shape index (κ2) is 7.07. The summed E-state index contributed by atoms with van der Waals surface area (Å²) < 4.78 is 5.28. The summed E-state index contributed by atoms with van der Waals surface area (Å²) in [5.41, 5.74) is -0.0724. The van der Waals surface area contributed by atoms with Crippen molar-refractivity contribution < 1.29 is 19.2 Å².